The molecule has 0 radical (unpaired) electrons. The first-order valence-electron chi connectivity index (χ1n) is 9.65. The van der Waals surface area contributed by atoms with Gasteiger partial charge in [0.1, 0.15) is 0 Å². The van der Waals surface area contributed by atoms with E-state index in [0.29, 0.717) is 11.6 Å². The highest BCUT2D eigenvalue weighted by Crippen LogP contribution is 2.32. The standard InChI is InChI=1S/C22H28N2O3/c1-15-12-20(16(2)24(15)19-10-5-4-6-11-19)21(25)14-23-18-9-7-8-17(13-18)22(26)27-3/h7-9,12-13,19,23H,4-6,10-11,14H2,1-3H3. The Kier molecular flexibility index (Phi) is 5.99. The number of esters is 1. The van der Waals surface area contributed by atoms with E-state index < -0.39 is 0 Å². The number of nitrogens with zero attached hydrogens (tertiary/aromatic N) is 1. The maximum absolute atomic E-state index is 12.8. The van der Waals surface area contributed by atoms with Crippen molar-refractivity contribution in [2.75, 3.05) is 19.0 Å². The molecule has 3 rings (SSSR count). The molecule has 5 nitrogen and oxygen atoms in total. The van der Waals surface area contributed by atoms with Crippen LogP contribution in [0.15, 0.2) is 30.3 Å². The van der Waals surface area contributed by atoms with Crippen LogP contribution in [0.2, 0.25) is 0 Å². The molecule has 1 heterocycles. The SMILES string of the molecule is COC(=O)c1cccc(NCC(=O)c2cc(C)n(C3CCCCC3)c2C)c1. The summed E-state index contributed by atoms with van der Waals surface area (Å²) in [6, 6.07) is 9.53. The van der Waals surface area contributed by atoms with Crippen molar-refractivity contribution in [1.82, 2.24) is 4.57 Å². The van der Waals surface area contributed by atoms with E-state index in [1.54, 1.807) is 18.2 Å². The van der Waals surface area contributed by atoms with Crippen molar-refractivity contribution in [2.24, 2.45) is 0 Å². The lowest BCUT2D eigenvalue weighted by molar-refractivity contribution is 0.0600. The van der Waals surface area contributed by atoms with Crippen molar-refractivity contribution >= 4 is 17.4 Å². The van der Waals surface area contributed by atoms with Gasteiger partial charge in [-0.05, 0) is 51.0 Å². The second kappa shape index (κ2) is 8.42. The van der Waals surface area contributed by atoms with E-state index in [9.17, 15) is 9.59 Å². The molecule has 0 aliphatic heterocycles. The Hall–Kier alpha value is -2.56. The monoisotopic (exact) mass is 368 g/mol. The molecule has 1 aromatic heterocycles. The lowest BCUT2D eigenvalue weighted by atomic mass is 9.95. The van der Waals surface area contributed by atoms with Gasteiger partial charge >= 0.3 is 5.97 Å². The molecule has 1 N–H and O–H groups in total. The van der Waals surface area contributed by atoms with Crippen LogP contribution in [0.4, 0.5) is 5.69 Å². The first-order valence-corrected chi connectivity index (χ1v) is 9.65. The fourth-order valence-corrected chi connectivity index (χ4v) is 4.11. The zero-order valence-electron chi connectivity index (χ0n) is 16.4. The van der Waals surface area contributed by atoms with E-state index in [0.717, 1.165) is 22.6 Å². The molecule has 1 saturated carbocycles. The number of methoxy groups -OCH3 is 1. The summed E-state index contributed by atoms with van der Waals surface area (Å²) < 4.78 is 7.09. The lowest BCUT2D eigenvalue weighted by Crippen LogP contribution is -2.18. The number of anilines is 1. The second-order valence-corrected chi connectivity index (χ2v) is 7.30. The van der Waals surface area contributed by atoms with Gasteiger partial charge in [0.05, 0.1) is 19.2 Å². The van der Waals surface area contributed by atoms with Gasteiger partial charge in [-0.25, -0.2) is 4.79 Å². The van der Waals surface area contributed by atoms with Gasteiger partial charge in [0.25, 0.3) is 0 Å². The quantitative estimate of drug-likeness (QED) is 0.593. The zero-order chi connectivity index (χ0) is 19.4. The van der Waals surface area contributed by atoms with Crippen molar-refractivity contribution in [2.45, 2.75) is 52.0 Å². The average molecular weight is 368 g/mol. The number of rotatable bonds is 6. The number of aryl methyl sites for hydroxylation is 1. The highest BCUT2D eigenvalue weighted by Gasteiger charge is 2.22. The lowest BCUT2D eigenvalue weighted by Gasteiger charge is -2.26. The third-order valence-corrected chi connectivity index (χ3v) is 5.46. The van der Waals surface area contributed by atoms with Crippen molar-refractivity contribution in [1.29, 1.82) is 0 Å². The number of hydrogen-bond acceptors (Lipinski definition) is 4. The van der Waals surface area contributed by atoms with Gasteiger partial charge in [-0.1, -0.05) is 25.3 Å². The van der Waals surface area contributed by atoms with Gasteiger partial charge in [-0.3, -0.25) is 4.79 Å². The number of ether oxygens (including phenoxy) is 1. The molecule has 0 amide bonds. The average Bonchev–Trinajstić information content (AvgIpc) is 3.00. The number of ketones is 1. The highest BCUT2D eigenvalue weighted by atomic mass is 16.5. The molecular formula is C22H28N2O3. The summed E-state index contributed by atoms with van der Waals surface area (Å²) in [6.45, 7) is 4.33. The van der Waals surface area contributed by atoms with Gasteiger partial charge in [0.15, 0.2) is 5.78 Å². The molecule has 1 aromatic carbocycles. The molecule has 0 unspecified atom stereocenters. The van der Waals surface area contributed by atoms with Crippen molar-refractivity contribution in [3.05, 3.63) is 52.8 Å². The van der Waals surface area contributed by atoms with Crippen LogP contribution in [0.25, 0.3) is 0 Å². The topological polar surface area (TPSA) is 60.3 Å². The van der Waals surface area contributed by atoms with E-state index >= 15 is 0 Å². The number of carbonyl (C=O) groups excluding carboxylic acids is 2. The van der Waals surface area contributed by atoms with Crippen LogP contribution >= 0.6 is 0 Å². The molecule has 0 saturated heterocycles. The fraction of sp³-hybridized carbons (Fsp3) is 0.455. The normalized spacial score (nSPS) is 14.8. The Morgan fingerprint density at radius 1 is 1.15 bits per heavy atom. The van der Waals surface area contributed by atoms with Crippen molar-refractivity contribution < 1.29 is 14.3 Å². The second-order valence-electron chi connectivity index (χ2n) is 7.30. The minimum absolute atomic E-state index is 0.0635. The van der Waals surface area contributed by atoms with Crippen molar-refractivity contribution in [3.8, 4) is 0 Å². The number of aromatic nitrogens is 1. The van der Waals surface area contributed by atoms with Crippen molar-refractivity contribution in [3.63, 3.8) is 0 Å². The molecule has 144 valence electrons. The zero-order valence-corrected chi connectivity index (χ0v) is 16.4. The van der Waals surface area contributed by atoms with E-state index in [1.165, 1.54) is 39.2 Å². The molecular weight excluding hydrogens is 340 g/mol. The maximum atomic E-state index is 12.8. The van der Waals surface area contributed by atoms with E-state index in [4.69, 9.17) is 4.74 Å². The van der Waals surface area contributed by atoms with E-state index in [1.807, 2.05) is 19.1 Å². The Balaban J connectivity index is 1.71. The number of carbonyl (C=O) groups is 2. The number of Topliss-reactive ketones (excluding diaryl/α,β-unsaturated/α-hetero) is 1. The Morgan fingerprint density at radius 2 is 1.89 bits per heavy atom. The first kappa shape index (κ1) is 19.2. The fourth-order valence-electron chi connectivity index (χ4n) is 4.11. The third kappa shape index (κ3) is 4.24. The molecule has 2 aromatic rings. The van der Waals surface area contributed by atoms with Gasteiger partial charge in [-0.2, -0.15) is 0 Å². The molecule has 1 aliphatic carbocycles. The van der Waals surface area contributed by atoms with Crippen LogP contribution < -0.4 is 5.32 Å². The van der Waals surface area contributed by atoms with Crippen LogP contribution in [0.3, 0.4) is 0 Å². The van der Waals surface area contributed by atoms with E-state index in [2.05, 4.69) is 16.8 Å². The Morgan fingerprint density at radius 3 is 2.59 bits per heavy atom. The Bertz CT molecular complexity index is 832. The summed E-state index contributed by atoms with van der Waals surface area (Å²) in [6.07, 6.45) is 6.24. The van der Waals surface area contributed by atoms with Gasteiger partial charge < -0.3 is 14.6 Å². The van der Waals surface area contributed by atoms with Crippen LogP contribution in [0.1, 0.15) is 70.2 Å². The molecule has 0 bridgehead atoms. The summed E-state index contributed by atoms with van der Waals surface area (Å²) >= 11 is 0. The molecule has 5 heteroatoms. The van der Waals surface area contributed by atoms with Gasteiger partial charge in [0, 0.05) is 28.7 Å². The van der Waals surface area contributed by atoms with Gasteiger partial charge in [0.2, 0.25) is 0 Å². The summed E-state index contributed by atoms with van der Waals surface area (Å²) in [5.41, 5.74) is 4.21. The molecule has 0 spiro atoms. The summed E-state index contributed by atoms with van der Waals surface area (Å²) in [4.78, 5) is 24.4. The highest BCUT2D eigenvalue weighted by molar-refractivity contribution is 6.00. The van der Waals surface area contributed by atoms with Crippen LogP contribution in [-0.4, -0.2) is 30.0 Å². The number of hydrogen-bond donors (Lipinski definition) is 1. The molecule has 1 aliphatic rings. The third-order valence-electron chi connectivity index (χ3n) is 5.46. The Labute approximate surface area is 160 Å². The summed E-state index contributed by atoms with van der Waals surface area (Å²) in [5, 5.41) is 3.13. The van der Waals surface area contributed by atoms with Crippen LogP contribution in [0.5, 0.6) is 0 Å². The van der Waals surface area contributed by atoms with E-state index in [-0.39, 0.29) is 18.3 Å². The van der Waals surface area contributed by atoms with Gasteiger partial charge in [-0.15, -0.1) is 0 Å². The molecule has 27 heavy (non-hydrogen) atoms. The summed E-state index contributed by atoms with van der Waals surface area (Å²) in [7, 11) is 1.36. The maximum Gasteiger partial charge on any atom is 0.337 e. The predicted octanol–water partition coefficient (Wildman–Crippen LogP) is 4.69. The predicted molar refractivity (Wildman–Crippen MR) is 107 cm³/mol. The van der Waals surface area contributed by atoms with Crippen LogP contribution in [-0.2, 0) is 4.74 Å². The molecule has 0 atom stereocenters. The van der Waals surface area contributed by atoms with Crippen LogP contribution in [0, 0.1) is 13.8 Å². The summed E-state index contributed by atoms with van der Waals surface area (Å²) in [5.74, 6) is -0.324. The largest absolute Gasteiger partial charge is 0.465 e. The number of benzene rings is 1. The minimum Gasteiger partial charge on any atom is -0.465 e. The minimum atomic E-state index is -0.388. The first-order chi connectivity index (χ1) is 13.0. The number of nitrogens with one attached hydrogen (secondary N) is 1. The molecule has 1 fully saturated rings. The smallest absolute Gasteiger partial charge is 0.337 e.